The SMILES string of the molecule is O=C(NCC=Cc1csc2ccccc12)OCC1c2ccccc2-c2ccccc21. The molecule has 4 aromatic rings. The summed E-state index contributed by atoms with van der Waals surface area (Å²) >= 11 is 1.73. The second-order valence-corrected chi connectivity index (χ2v) is 8.21. The molecule has 3 nitrogen and oxygen atoms in total. The van der Waals surface area contributed by atoms with Gasteiger partial charge in [0, 0.05) is 17.2 Å². The molecule has 0 bridgehead atoms. The molecule has 1 aromatic heterocycles. The van der Waals surface area contributed by atoms with Crippen LogP contribution in [0.25, 0.3) is 27.3 Å². The van der Waals surface area contributed by atoms with Crippen LogP contribution in [0.2, 0.25) is 0 Å². The normalized spacial score (nSPS) is 12.8. The van der Waals surface area contributed by atoms with E-state index in [1.807, 2.05) is 36.4 Å². The van der Waals surface area contributed by atoms with Crippen molar-refractivity contribution in [1.82, 2.24) is 5.32 Å². The Morgan fingerprint density at radius 2 is 1.60 bits per heavy atom. The van der Waals surface area contributed by atoms with Gasteiger partial charge in [-0.3, -0.25) is 0 Å². The largest absolute Gasteiger partial charge is 0.449 e. The highest BCUT2D eigenvalue weighted by Gasteiger charge is 2.28. The first-order valence-electron chi connectivity index (χ1n) is 10.0. The Balaban J connectivity index is 1.19. The molecule has 5 rings (SSSR count). The lowest BCUT2D eigenvalue weighted by molar-refractivity contribution is 0.144. The first kappa shape index (κ1) is 18.6. The average Bonchev–Trinajstić information content (AvgIpc) is 3.34. The van der Waals surface area contributed by atoms with Gasteiger partial charge in [-0.25, -0.2) is 4.79 Å². The Morgan fingerprint density at radius 3 is 2.37 bits per heavy atom. The number of hydrogen-bond acceptors (Lipinski definition) is 3. The molecule has 1 aliphatic rings. The van der Waals surface area contributed by atoms with Gasteiger partial charge >= 0.3 is 6.09 Å². The minimum atomic E-state index is -0.392. The molecule has 3 aromatic carbocycles. The lowest BCUT2D eigenvalue weighted by atomic mass is 9.98. The van der Waals surface area contributed by atoms with Crippen molar-refractivity contribution >= 4 is 33.6 Å². The highest BCUT2D eigenvalue weighted by molar-refractivity contribution is 7.17. The summed E-state index contributed by atoms with van der Waals surface area (Å²) in [5.74, 6) is 0.0795. The lowest BCUT2D eigenvalue weighted by Gasteiger charge is -2.14. The molecule has 0 saturated carbocycles. The van der Waals surface area contributed by atoms with Crippen molar-refractivity contribution in [2.45, 2.75) is 5.92 Å². The molecule has 30 heavy (non-hydrogen) atoms. The van der Waals surface area contributed by atoms with Crippen molar-refractivity contribution in [2.24, 2.45) is 0 Å². The van der Waals surface area contributed by atoms with Crippen molar-refractivity contribution in [3.8, 4) is 11.1 Å². The molecule has 1 heterocycles. The summed E-state index contributed by atoms with van der Waals surface area (Å²) in [6.45, 7) is 0.763. The summed E-state index contributed by atoms with van der Waals surface area (Å²) in [7, 11) is 0. The van der Waals surface area contributed by atoms with E-state index in [1.54, 1.807) is 11.3 Å². The maximum atomic E-state index is 12.2. The third kappa shape index (κ3) is 3.51. The highest BCUT2D eigenvalue weighted by Crippen LogP contribution is 2.44. The Kier molecular flexibility index (Phi) is 5.08. The molecule has 148 valence electrons. The maximum absolute atomic E-state index is 12.2. The molecule has 0 spiro atoms. The van der Waals surface area contributed by atoms with Crippen LogP contribution in [0.5, 0.6) is 0 Å². The van der Waals surface area contributed by atoms with Crippen molar-refractivity contribution in [2.75, 3.05) is 13.2 Å². The van der Waals surface area contributed by atoms with Crippen LogP contribution in [0.15, 0.2) is 84.3 Å². The third-order valence-electron chi connectivity index (χ3n) is 5.52. The molecule has 0 atom stereocenters. The topological polar surface area (TPSA) is 38.3 Å². The molecule has 0 aliphatic heterocycles. The summed E-state index contributed by atoms with van der Waals surface area (Å²) < 4.78 is 6.83. The number of alkyl carbamates (subject to hydrolysis) is 1. The number of amides is 1. The van der Waals surface area contributed by atoms with Gasteiger partial charge in [-0.15, -0.1) is 11.3 Å². The zero-order valence-corrected chi connectivity index (χ0v) is 17.2. The van der Waals surface area contributed by atoms with Crippen molar-refractivity contribution in [1.29, 1.82) is 0 Å². The van der Waals surface area contributed by atoms with Crippen LogP contribution in [0, 0.1) is 0 Å². The van der Waals surface area contributed by atoms with Gasteiger partial charge in [-0.1, -0.05) is 78.9 Å². The van der Waals surface area contributed by atoms with Crippen molar-refractivity contribution in [3.63, 3.8) is 0 Å². The Morgan fingerprint density at radius 1 is 0.933 bits per heavy atom. The molecular formula is C26H21NO2S. The van der Waals surface area contributed by atoms with Gasteiger partial charge in [0.25, 0.3) is 0 Å². The number of benzene rings is 3. The molecule has 0 unspecified atom stereocenters. The molecule has 0 saturated heterocycles. The second-order valence-electron chi connectivity index (χ2n) is 7.30. The Hall–Kier alpha value is -3.37. The van der Waals surface area contributed by atoms with Gasteiger partial charge in [-0.2, -0.15) is 0 Å². The first-order chi connectivity index (χ1) is 14.8. The van der Waals surface area contributed by atoms with Crippen LogP contribution in [0.4, 0.5) is 4.79 Å². The number of ether oxygens (including phenoxy) is 1. The first-order valence-corrected chi connectivity index (χ1v) is 10.9. The van der Waals surface area contributed by atoms with E-state index in [-0.39, 0.29) is 5.92 Å². The smallest absolute Gasteiger partial charge is 0.407 e. The fourth-order valence-electron chi connectivity index (χ4n) is 4.11. The van der Waals surface area contributed by atoms with Gasteiger partial charge in [-0.05, 0) is 44.6 Å². The van der Waals surface area contributed by atoms with E-state index < -0.39 is 6.09 Å². The molecule has 1 amide bonds. The van der Waals surface area contributed by atoms with Crippen LogP contribution in [-0.2, 0) is 4.74 Å². The number of carbonyl (C=O) groups excluding carboxylic acids is 1. The predicted octanol–water partition coefficient (Wildman–Crippen LogP) is 6.45. The quantitative estimate of drug-likeness (QED) is 0.410. The van der Waals surface area contributed by atoms with E-state index in [2.05, 4.69) is 59.2 Å². The maximum Gasteiger partial charge on any atom is 0.407 e. The third-order valence-corrected chi connectivity index (χ3v) is 6.50. The van der Waals surface area contributed by atoms with Crippen LogP contribution < -0.4 is 5.32 Å². The lowest BCUT2D eigenvalue weighted by Crippen LogP contribution is -2.26. The average molecular weight is 412 g/mol. The summed E-state index contributed by atoms with van der Waals surface area (Å²) in [5, 5.41) is 6.19. The van der Waals surface area contributed by atoms with Crippen LogP contribution in [-0.4, -0.2) is 19.2 Å². The summed E-state index contributed by atoms with van der Waals surface area (Å²) in [5.41, 5.74) is 6.07. The van der Waals surface area contributed by atoms with Gasteiger partial charge in [0.05, 0.1) is 0 Å². The number of carbonyl (C=O) groups is 1. The van der Waals surface area contributed by atoms with Crippen molar-refractivity contribution in [3.05, 3.63) is 101 Å². The Labute approximate surface area is 179 Å². The number of rotatable bonds is 5. The monoisotopic (exact) mass is 411 g/mol. The number of hydrogen-bond donors (Lipinski definition) is 1. The van der Waals surface area contributed by atoms with Gasteiger partial charge in [0.2, 0.25) is 0 Å². The second kappa shape index (κ2) is 8.17. The van der Waals surface area contributed by atoms with Gasteiger partial charge in [0.1, 0.15) is 6.61 Å². The minimum absolute atomic E-state index is 0.0795. The molecule has 0 fully saturated rings. The van der Waals surface area contributed by atoms with Crippen LogP contribution in [0.3, 0.4) is 0 Å². The molecular weight excluding hydrogens is 390 g/mol. The number of nitrogens with one attached hydrogen (secondary N) is 1. The summed E-state index contributed by atoms with van der Waals surface area (Å²) in [6, 6.07) is 25.0. The zero-order chi connectivity index (χ0) is 20.3. The van der Waals surface area contributed by atoms with Crippen LogP contribution >= 0.6 is 11.3 Å². The molecule has 1 N–H and O–H groups in total. The van der Waals surface area contributed by atoms with E-state index in [0.717, 1.165) is 0 Å². The number of thiophene rings is 1. The van der Waals surface area contributed by atoms with Gasteiger partial charge < -0.3 is 10.1 Å². The summed E-state index contributed by atoms with van der Waals surface area (Å²) in [6.07, 6.45) is 3.61. The fourth-order valence-corrected chi connectivity index (χ4v) is 5.03. The van der Waals surface area contributed by atoms with Crippen LogP contribution in [0.1, 0.15) is 22.6 Å². The van der Waals surface area contributed by atoms with E-state index in [0.29, 0.717) is 13.2 Å². The predicted molar refractivity (Wildman–Crippen MR) is 124 cm³/mol. The Bertz CT molecular complexity index is 1200. The number of fused-ring (bicyclic) bond motifs is 4. The van der Waals surface area contributed by atoms with E-state index in [4.69, 9.17) is 4.74 Å². The van der Waals surface area contributed by atoms with Crippen molar-refractivity contribution < 1.29 is 9.53 Å². The van der Waals surface area contributed by atoms with Gasteiger partial charge in [0.15, 0.2) is 0 Å². The minimum Gasteiger partial charge on any atom is -0.449 e. The molecule has 0 radical (unpaired) electrons. The highest BCUT2D eigenvalue weighted by atomic mass is 32.1. The zero-order valence-electron chi connectivity index (χ0n) is 16.4. The summed E-state index contributed by atoms with van der Waals surface area (Å²) in [4.78, 5) is 12.2. The molecule has 4 heteroatoms. The van der Waals surface area contributed by atoms with E-state index in [9.17, 15) is 4.79 Å². The molecule has 1 aliphatic carbocycles. The van der Waals surface area contributed by atoms with E-state index in [1.165, 1.54) is 37.9 Å². The standard InChI is InChI=1S/C26H21NO2S/c28-26(27-15-7-8-18-17-30-25-14-6-5-9-19(18)25)29-16-24-22-12-3-1-10-20(22)21-11-2-4-13-23(21)24/h1-14,17,24H,15-16H2,(H,27,28). The van der Waals surface area contributed by atoms with E-state index >= 15 is 0 Å². The fraction of sp³-hybridized carbons (Fsp3) is 0.115.